The number of ketones is 1. The number of nitrogens with one attached hydrogen (secondary N) is 1. The van der Waals surface area contributed by atoms with Gasteiger partial charge in [-0.15, -0.1) is 11.3 Å². The van der Waals surface area contributed by atoms with Gasteiger partial charge in [0.15, 0.2) is 5.65 Å². The summed E-state index contributed by atoms with van der Waals surface area (Å²) in [5.74, 6) is -1.57. The van der Waals surface area contributed by atoms with Crippen LogP contribution >= 0.6 is 11.3 Å². The number of anilines is 1. The highest BCUT2D eigenvalue weighted by Gasteiger charge is 2.19. The second-order valence-electron chi connectivity index (χ2n) is 7.47. The summed E-state index contributed by atoms with van der Waals surface area (Å²) in [6.07, 6.45) is 3.19. The molecule has 1 aromatic carbocycles. The van der Waals surface area contributed by atoms with E-state index in [0.29, 0.717) is 21.8 Å². The number of rotatable bonds is 8. The highest BCUT2D eigenvalue weighted by Crippen LogP contribution is 2.25. The molecular formula is C23H20N4O4S. The second kappa shape index (κ2) is 9.11. The molecule has 3 aromatic heterocycles. The molecule has 0 spiro atoms. The zero-order valence-electron chi connectivity index (χ0n) is 17.2. The maximum absolute atomic E-state index is 12.8. The molecule has 3 heterocycles. The highest BCUT2D eigenvalue weighted by atomic mass is 32.1. The lowest BCUT2D eigenvalue weighted by atomic mass is 10.0. The van der Waals surface area contributed by atoms with Gasteiger partial charge in [-0.3, -0.25) is 14.4 Å². The molecule has 0 radical (unpaired) electrons. The van der Waals surface area contributed by atoms with Crippen molar-refractivity contribution in [2.75, 3.05) is 5.32 Å². The molecule has 4 aromatic rings. The Morgan fingerprint density at radius 1 is 1.16 bits per heavy atom. The number of amides is 1. The molecule has 0 saturated heterocycles. The van der Waals surface area contributed by atoms with Crippen LogP contribution in [0, 0.1) is 5.92 Å². The number of benzene rings is 1. The van der Waals surface area contributed by atoms with Crippen LogP contribution in [0.1, 0.15) is 35.0 Å². The van der Waals surface area contributed by atoms with Crippen molar-refractivity contribution in [1.82, 2.24) is 14.6 Å². The Labute approximate surface area is 187 Å². The van der Waals surface area contributed by atoms with Crippen LogP contribution in [0.15, 0.2) is 60.2 Å². The van der Waals surface area contributed by atoms with E-state index < -0.39 is 5.97 Å². The van der Waals surface area contributed by atoms with Crippen LogP contribution in [-0.2, 0) is 9.59 Å². The molecule has 2 N–H and O–H groups in total. The molecule has 4 rings (SSSR count). The lowest BCUT2D eigenvalue weighted by molar-refractivity contribution is -0.138. The van der Waals surface area contributed by atoms with E-state index >= 15 is 0 Å². The lowest BCUT2D eigenvalue weighted by Gasteiger charge is -2.11. The minimum absolute atomic E-state index is 0.0612. The summed E-state index contributed by atoms with van der Waals surface area (Å²) in [5, 5.41) is 17.9. The number of carbonyl (C=O) groups is 3. The minimum atomic E-state index is -0.926. The molecule has 0 saturated carbocycles. The van der Waals surface area contributed by atoms with E-state index in [9.17, 15) is 14.4 Å². The van der Waals surface area contributed by atoms with Crippen molar-refractivity contribution in [2.24, 2.45) is 5.92 Å². The van der Waals surface area contributed by atoms with Gasteiger partial charge >= 0.3 is 5.97 Å². The van der Waals surface area contributed by atoms with Crippen LogP contribution in [0.2, 0.25) is 0 Å². The maximum atomic E-state index is 12.8. The van der Waals surface area contributed by atoms with Crippen LogP contribution in [0.4, 0.5) is 5.69 Å². The molecule has 0 aliphatic heterocycles. The van der Waals surface area contributed by atoms with E-state index in [4.69, 9.17) is 5.11 Å². The Bertz CT molecular complexity index is 1300. The Balaban J connectivity index is 1.59. The van der Waals surface area contributed by atoms with E-state index in [2.05, 4.69) is 15.4 Å². The first-order valence-electron chi connectivity index (χ1n) is 9.95. The summed E-state index contributed by atoms with van der Waals surface area (Å²) in [4.78, 5) is 40.9. The number of carbonyl (C=O) groups excluding carboxylic acids is 2. The van der Waals surface area contributed by atoms with Crippen molar-refractivity contribution in [2.45, 2.75) is 19.8 Å². The first-order valence-corrected chi connectivity index (χ1v) is 10.8. The maximum Gasteiger partial charge on any atom is 0.303 e. The van der Waals surface area contributed by atoms with Crippen LogP contribution in [-0.4, -0.2) is 37.4 Å². The van der Waals surface area contributed by atoms with Gasteiger partial charge in [0.1, 0.15) is 0 Å². The Hall–Kier alpha value is -3.85. The summed E-state index contributed by atoms with van der Waals surface area (Å²) in [6.45, 7) is 1.73. The van der Waals surface area contributed by atoms with Crippen LogP contribution in [0.5, 0.6) is 0 Å². The molecule has 0 aliphatic rings. The number of aliphatic carboxylic acids is 1. The average molecular weight is 449 g/mol. The van der Waals surface area contributed by atoms with E-state index in [-0.39, 0.29) is 30.4 Å². The zero-order chi connectivity index (χ0) is 22.7. The molecular weight excluding hydrogens is 428 g/mol. The predicted molar refractivity (Wildman–Crippen MR) is 121 cm³/mol. The molecule has 0 aliphatic carbocycles. The lowest BCUT2D eigenvalue weighted by Crippen LogP contribution is -2.17. The van der Waals surface area contributed by atoms with Gasteiger partial charge in [-0.25, -0.2) is 9.50 Å². The fourth-order valence-corrected chi connectivity index (χ4v) is 4.14. The fourth-order valence-electron chi connectivity index (χ4n) is 3.47. The summed E-state index contributed by atoms with van der Waals surface area (Å²) >= 11 is 1.37. The molecule has 162 valence electrons. The summed E-state index contributed by atoms with van der Waals surface area (Å²) in [5.41, 5.74) is 2.97. The van der Waals surface area contributed by atoms with Crippen molar-refractivity contribution in [1.29, 1.82) is 0 Å². The molecule has 9 heteroatoms. The molecule has 1 atom stereocenters. The molecule has 1 unspecified atom stereocenters. The monoisotopic (exact) mass is 448 g/mol. The second-order valence-corrected chi connectivity index (χ2v) is 8.41. The fraction of sp³-hybridized carbons (Fsp3) is 0.174. The van der Waals surface area contributed by atoms with E-state index in [1.165, 1.54) is 17.5 Å². The topological polar surface area (TPSA) is 114 Å². The van der Waals surface area contributed by atoms with Gasteiger partial charge in [-0.05, 0) is 35.6 Å². The number of hydrogen-bond donors (Lipinski definition) is 2. The Kier molecular flexibility index (Phi) is 6.09. The van der Waals surface area contributed by atoms with Crippen molar-refractivity contribution in [3.8, 4) is 11.3 Å². The standard InChI is InChI=1S/C23H20N4O4S/c1-14(11-21(29)30)10-20(28)26-16-5-2-4-15(12-16)18-7-8-24-23-17(13-25-27(18)23)22(31)19-6-3-9-32-19/h2-9,12-14H,10-11H2,1H3,(H,26,28)(H,29,30). The van der Waals surface area contributed by atoms with Crippen LogP contribution in [0.3, 0.4) is 0 Å². The SMILES string of the molecule is CC(CC(=O)O)CC(=O)Nc1cccc(-c2ccnc3c(C(=O)c4cccs4)cnn23)c1. The normalized spacial score (nSPS) is 11.9. The quantitative estimate of drug-likeness (QED) is 0.392. The number of thiophene rings is 1. The van der Waals surface area contributed by atoms with Gasteiger partial charge in [-0.2, -0.15) is 5.10 Å². The summed E-state index contributed by atoms with van der Waals surface area (Å²) in [6, 6.07) is 12.6. The smallest absolute Gasteiger partial charge is 0.303 e. The van der Waals surface area contributed by atoms with Gasteiger partial charge in [0.25, 0.3) is 0 Å². The molecule has 0 bridgehead atoms. The van der Waals surface area contributed by atoms with Crippen molar-refractivity contribution < 1.29 is 19.5 Å². The van der Waals surface area contributed by atoms with Gasteiger partial charge in [-0.1, -0.05) is 25.1 Å². The summed E-state index contributed by atoms with van der Waals surface area (Å²) in [7, 11) is 0. The average Bonchev–Trinajstić information content (AvgIpc) is 3.42. The van der Waals surface area contributed by atoms with E-state index in [1.807, 2.05) is 17.5 Å². The Morgan fingerprint density at radius 2 is 2.00 bits per heavy atom. The highest BCUT2D eigenvalue weighted by molar-refractivity contribution is 7.12. The third-order valence-electron chi connectivity index (χ3n) is 4.89. The number of fused-ring (bicyclic) bond motifs is 1. The Morgan fingerprint density at radius 3 is 2.75 bits per heavy atom. The number of nitrogens with zero attached hydrogens (tertiary/aromatic N) is 3. The first-order chi connectivity index (χ1) is 15.4. The van der Waals surface area contributed by atoms with Crippen molar-refractivity contribution >= 4 is 40.3 Å². The van der Waals surface area contributed by atoms with E-state index in [1.54, 1.807) is 48.0 Å². The largest absolute Gasteiger partial charge is 0.481 e. The third-order valence-corrected chi connectivity index (χ3v) is 5.76. The van der Waals surface area contributed by atoms with Gasteiger partial charge in [0.05, 0.1) is 22.3 Å². The predicted octanol–water partition coefficient (Wildman–Crippen LogP) is 4.13. The molecule has 1 amide bonds. The third kappa shape index (κ3) is 4.57. The number of aromatic nitrogens is 3. The number of hydrogen-bond acceptors (Lipinski definition) is 6. The van der Waals surface area contributed by atoms with Crippen molar-refractivity contribution in [3.05, 3.63) is 70.7 Å². The first kappa shape index (κ1) is 21.4. The van der Waals surface area contributed by atoms with E-state index in [0.717, 1.165) is 11.3 Å². The molecule has 0 fully saturated rings. The summed E-state index contributed by atoms with van der Waals surface area (Å²) < 4.78 is 1.61. The van der Waals surface area contributed by atoms with Gasteiger partial charge < -0.3 is 10.4 Å². The van der Waals surface area contributed by atoms with Crippen molar-refractivity contribution in [3.63, 3.8) is 0 Å². The van der Waals surface area contributed by atoms with Gasteiger partial charge in [0, 0.05) is 30.3 Å². The molecule has 32 heavy (non-hydrogen) atoms. The number of carboxylic acid groups (broad SMARTS) is 1. The van der Waals surface area contributed by atoms with Crippen LogP contribution in [0.25, 0.3) is 16.9 Å². The molecule has 8 nitrogen and oxygen atoms in total. The van der Waals surface area contributed by atoms with Crippen LogP contribution < -0.4 is 5.32 Å². The number of carboxylic acids is 1. The minimum Gasteiger partial charge on any atom is -0.481 e. The zero-order valence-corrected chi connectivity index (χ0v) is 18.0. The van der Waals surface area contributed by atoms with Gasteiger partial charge in [0.2, 0.25) is 11.7 Å².